The molecule has 0 saturated carbocycles. The summed E-state index contributed by atoms with van der Waals surface area (Å²) in [5, 5.41) is 4.22. The van der Waals surface area contributed by atoms with Crippen LogP contribution in [0.25, 0.3) is 5.65 Å². The van der Waals surface area contributed by atoms with Gasteiger partial charge in [0.15, 0.2) is 0 Å². The minimum Gasteiger partial charge on any atom is -0.487 e. The average Bonchev–Trinajstić information content (AvgIpc) is 3.32. The van der Waals surface area contributed by atoms with Gasteiger partial charge in [0.25, 0.3) is 11.8 Å². The largest absolute Gasteiger partial charge is 0.487 e. The fourth-order valence-corrected chi connectivity index (χ4v) is 3.29. The molecular formula is C23H24N6O3. The standard InChI is InChI=1S/C23H24N6O3/c1-15-4-9-21-24-19(12-28(21)11-15)14-32-20-7-5-18(6-8-20)23(31)26-25-22(30)13-29-17(3)10-16(2)27-29/h4-12H,13-14H2,1-3H3,(H,25,30)(H,26,31). The molecule has 4 rings (SSSR count). The third-order valence-electron chi connectivity index (χ3n) is 4.86. The molecule has 0 aliphatic heterocycles. The predicted octanol–water partition coefficient (Wildman–Crippen LogP) is 2.50. The normalized spacial score (nSPS) is 10.8. The van der Waals surface area contributed by atoms with Gasteiger partial charge in [-0.3, -0.25) is 25.1 Å². The lowest BCUT2D eigenvalue weighted by Crippen LogP contribution is -2.43. The zero-order chi connectivity index (χ0) is 22.7. The minimum absolute atomic E-state index is 0.0232. The maximum atomic E-state index is 12.3. The minimum atomic E-state index is -0.422. The Labute approximate surface area is 185 Å². The summed E-state index contributed by atoms with van der Waals surface area (Å²) in [5.41, 5.74) is 9.73. The van der Waals surface area contributed by atoms with Crippen molar-refractivity contribution in [2.45, 2.75) is 33.9 Å². The van der Waals surface area contributed by atoms with Crippen molar-refractivity contribution in [3.63, 3.8) is 0 Å². The van der Waals surface area contributed by atoms with Gasteiger partial charge >= 0.3 is 0 Å². The molecule has 2 N–H and O–H groups in total. The summed E-state index contributed by atoms with van der Waals surface area (Å²) in [6.07, 6.45) is 3.94. The summed E-state index contributed by atoms with van der Waals surface area (Å²) < 4.78 is 9.32. The van der Waals surface area contributed by atoms with Crippen LogP contribution in [0.5, 0.6) is 5.75 Å². The van der Waals surface area contributed by atoms with Gasteiger partial charge < -0.3 is 9.14 Å². The number of carbonyl (C=O) groups is 2. The first-order chi connectivity index (χ1) is 15.4. The number of nitrogens with one attached hydrogen (secondary N) is 2. The fourth-order valence-electron chi connectivity index (χ4n) is 3.29. The molecule has 0 atom stereocenters. The summed E-state index contributed by atoms with van der Waals surface area (Å²) in [5.74, 6) is -0.176. The van der Waals surface area contributed by atoms with E-state index in [1.165, 1.54) is 0 Å². The molecule has 0 aliphatic carbocycles. The van der Waals surface area contributed by atoms with Gasteiger partial charge in [0, 0.05) is 23.7 Å². The zero-order valence-electron chi connectivity index (χ0n) is 18.1. The molecule has 1 aromatic carbocycles. The Morgan fingerprint density at radius 1 is 1.00 bits per heavy atom. The second-order valence-electron chi connectivity index (χ2n) is 7.60. The molecule has 0 fully saturated rings. The van der Waals surface area contributed by atoms with Crippen molar-refractivity contribution in [3.8, 4) is 5.75 Å². The Morgan fingerprint density at radius 3 is 2.50 bits per heavy atom. The molecule has 4 aromatic rings. The first kappa shape index (κ1) is 21.1. The maximum Gasteiger partial charge on any atom is 0.269 e. The molecule has 0 spiro atoms. The summed E-state index contributed by atoms with van der Waals surface area (Å²) in [6.45, 7) is 6.09. The van der Waals surface area contributed by atoms with Crippen LogP contribution in [-0.4, -0.2) is 31.0 Å². The van der Waals surface area contributed by atoms with Gasteiger partial charge in [-0.2, -0.15) is 5.10 Å². The quantitative estimate of drug-likeness (QED) is 0.456. The summed E-state index contributed by atoms with van der Waals surface area (Å²) in [7, 11) is 0. The highest BCUT2D eigenvalue weighted by atomic mass is 16.5. The molecule has 2 amide bonds. The maximum absolute atomic E-state index is 12.3. The Morgan fingerprint density at radius 2 is 1.78 bits per heavy atom. The van der Waals surface area contributed by atoms with Crippen molar-refractivity contribution in [2.75, 3.05) is 0 Å². The number of hydrogen-bond donors (Lipinski definition) is 2. The highest BCUT2D eigenvalue weighted by molar-refractivity contribution is 5.95. The Kier molecular flexibility index (Phi) is 5.89. The summed E-state index contributed by atoms with van der Waals surface area (Å²) in [4.78, 5) is 28.9. The first-order valence-electron chi connectivity index (χ1n) is 10.1. The smallest absolute Gasteiger partial charge is 0.269 e. The van der Waals surface area contributed by atoms with Crippen molar-refractivity contribution in [1.82, 2.24) is 30.0 Å². The SMILES string of the molecule is Cc1ccc2nc(COc3ccc(C(=O)NNC(=O)Cn4nc(C)cc4C)cc3)cn2c1. The molecule has 0 radical (unpaired) electrons. The number of aryl methyl sites for hydroxylation is 3. The third kappa shape index (κ3) is 4.94. The van der Waals surface area contributed by atoms with Crippen LogP contribution in [-0.2, 0) is 17.9 Å². The summed E-state index contributed by atoms with van der Waals surface area (Å²) in [6, 6.07) is 12.5. The van der Waals surface area contributed by atoms with E-state index in [1.54, 1.807) is 28.9 Å². The number of benzene rings is 1. The number of aromatic nitrogens is 4. The number of imidazole rings is 1. The van der Waals surface area contributed by atoms with Gasteiger partial charge in [-0.25, -0.2) is 4.98 Å². The Hall–Kier alpha value is -4.14. The van der Waals surface area contributed by atoms with Gasteiger partial charge in [-0.05, 0) is 62.7 Å². The van der Waals surface area contributed by atoms with Crippen molar-refractivity contribution in [2.24, 2.45) is 0 Å². The predicted molar refractivity (Wildman–Crippen MR) is 118 cm³/mol. The van der Waals surface area contributed by atoms with E-state index in [2.05, 4.69) is 20.9 Å². The van der Waals surface area contributed by atoms with Gasteiger partial charge in [-0.15, -0.1) is 0 Å². The second kappa shape index (κ2) is 8.93. The molecule has 0 aliphatic rings. The van der Waals surface area contributed by atoms with Crippen LogP contribution in [0.3, 0.4) is 0 Å². The first-order valence-corrected chi connectivity index (χ1v) is 10.1. The third-order valence-corrected chi connectivity index (χ3v) is 4.86. The Bertz CT molecular complexity index is 1270. The molecule has 32 heavy (non-hydrogen) atoms. The number of carbonyl (C=O) groups excluding carboxylic acids is 2. The Balaban J connectivity index is 1.28. The molecular weight excluding hydrogens is 408 g/mol. The number of pyridine rings is 1. The number of fused-ring (bicyclic) bond motifs is 1. The number of nitrogens with zero attached hydrogens (tertiary/aromatic N) is 4. The van der Waals surface area contributed by atoms with Gasteiger partial charge in [-0.1, -0.05) is 6.07 Å². The molecule has 0 saturated heterocycles. The molecule has 9 nitrogen and oxygen atoms in total. The van der Waals surface area contributed by atoms with E-state index in [1.807, 2.05) is 55.8 Å². The van der Waals surface area contributed by atoms with Gasteiger partial charge in [0.2, 0.25) is 0 Å². The molecule has 3 heterocycles. The fraction of sp³-hybridized carbons (Fsp3) is 0.217. The molecule has 0 bridgehead atoms. The highest BCUT2D eigenvalue weighted by Gasteiger charge is 2.10. The lowest BCUT2D eigenvalue weighted by molar-refractivity contribution is -0.122. The van der Waals surface area contributed by atoms with E-state index in [0.717, 1.165) is 28.3 Å². The van der Waals surface area contributed by atoms with Crippen molar-refractivity contribution in [3.05, 3.63) is 83.1 Å². The van der Waals surface area contributed by atoms with E-state index >= 15 is 0 Å². The van der Waals surface area contributed by atoms with Crippen molar-refractivity contribution in [1.29, 1.82) is 0 Å². The second-order valence-corrected chi connectivity index (χ2v) is 7.60. The number of hydrazine groups is 1. The average molecular weight is 432 g/mol. The van der Waals surface area contributed by atoms with Crippen molar-refractivity contribution < 1.29 is 14.3 Å². The van der Waals surface area contributed by atoms with Crippen LogP contribution in [0.4, 0.5) is 0 Å². The van der Waals surface area contributed by atoms with Crippen LogP contribution >= 0.6 is 0 Å². The highest BCUT2D eigenvalue weighted by Crippen LogP contribution is 2.15. The van der Waals surface area contributed by atoms with Crippen LogP contribution in [0.15, 0.2) is 54.9 Å². The molecule has 9 heteroatoms. The lowest BCUT2D eigenvalue weighted by Gasteiger charge is -2.09. The van der Waals surface area contributed by atoms with Crippen LogP contribution in [0.2, 0.25) is 0 Å². The topological polar surface area (TPSA) is 103 Å². The van der Waals surface area contributed by atoms with E-state index in [0.29, 0.717) is 17.9 Å². The van der Waals surface area contributed by atoms with E-state index in [4.69, 9.17) is 4.74 Å². The van der Waals surface area contributed by atoms with Crippen LogP contribution in [0, 0.1) is 20.8 Å². The molecule has 164 valence electrons. The van der Waals surface area contributed by atoms with E-state index < -0.39 is 5.91 Å². The van der Waals surface area contributed by atoms with E-state index in [9.17, 15) is 9.59 Å². The number of rotatable bonds is 6. The van der Waals surface area contributed by atoms with Crippen LogP contribution in [0.1, 0.15) is 33.0 Å². The number of amides is 2. The lowest BCUT2D eigenvalue weighted by atomic mass is 10.2. The molecule has 3 aromatic heterocycles. The molecule has 0 unspecified atom stereocenters. The number of ether oxygens (including phenoxy) is 1. The zero-order valence-corrected chi connectivity index (χ0v) is 18.1. The summed E-state index contributed by atoms with van der Waals surface area (Å²) >= 11 is 0. The monoisotopic (exact) mass is 432 g/mol. The number of hydrogen-bond acceptors (Lipinski definition) is 5. The van der Waals surface area contributed by atoms with E-state index in [-0.39, 0.29) is 12.5 Å². The van der Waals surface area contributed by atoms with Gasteiger partial charge in [0.1, 0.15) is 24.5 Å². The van der Waals surface area contributed by atoms with Gasteiger partial charge in [0.05, 0.1) is 11.4 Å². The van der Waals surface area contributed by atoms with Crippen molar-refractivity contribution >= 4 is 17.5 Å². The van der Waals surface area contributed by atoms with Crippen LogP contribution < -0.4 is 15.6 Å².